The van der Waals surface area contributed by atoms with E-state index in [1.807, 2.05) is 12.1 Å². The number of benzene rings is 1. The van der Waals surface area contributed by atoms with Crippen molar-refractivity contribution in [3.8, 4) is 5.75 Å². The first-order chi connectivity index (χ1) is 17.8. The first-order valence-electron chi connectivity index (χ1n) is 13.4. The molecule has 0 unspecified atom stereocenters. The molecule has 1 saturated heterocycles. The summed E-state index contributed by atoms with van der Waals surface area (Å²) in [5.74, 6) is 1.53. The van der Waals surface area contributed by atoms with E-state index in [4.69, 9.17) is 4.74 Å². The third-order valence-corrected chi connectivity index (χ3v) is 10.7. The molecule has 37 heavy (non-hydrogen) atoms. The molecule has 2 N–H and O–H groups in total. The van der Waals surface area contributed by atoms with Gasteiger partial charge in [0.1, 0.15) is 5.75 Å². The molecule has 2 fully saturated rings. The van der Waals surface area contributed by atoms with E-state index in [9.17, 15) is 13.5 Å². The van der Waals surface area contributed by atoms with Crippen LogP contribution in [0.15, 0.2) is 35.7 Å². The lowest BCUT2D eigenvalue weighted by Gasteiger charge is -2.49. The van der Waals surface area contributed by atoms with Crippen molar-refractivity contribution >= 4 is 20.9 Å². The molecule has 2 aliphatic heterocycles. The van der Waals surface area contributed by atoms with Crippen LogP contribution in [-0.4, -0.2) is 77.2 Å². The second-order valence-corrected chi connectivity index (χ2v) is 13.0. The van der Waals surface area contributed by atoms with E-state index < -0.39 is 16.1 Å². The summed E-state index contributed by atoms with van der Waals surface area (Å²) < 4.78 is 36.4. The number of aromatic amines is 1. The summed E-state index contributed by atoms with van der Waals surface area (Å²) in [5.41, 5.74) is 2.52. The Bertz CT molecular complexity index is 1380. The van der Waals surface area contributed by atoms with E-state index in [0.29, 0.717) is 6.54 Å². The third-order valence-electron chi connectivity index (χ3n) is 8.94. The molecule has 4 heterocycles. The molecule has 1 spiro atoms. The lowest BCUT2D eigenvalue weighted by Crippen LogP contribution is -2.55. The molecule has 1 atom stereocenters. The van der Waals surface area contributed by atoms with Crippen LogP contribution in [0.4, 0.5) is 0 Å². The summed E-state index contributed by atoms with van der Waals surface area (Å²) in [6.07, 6.45) is 10.1. The van der Waals surface area contributed by atoms with Gasteiger partial charge in [-0.15, -0.1) is 0 Å². The van der Waals surface area contributed by atoms with Gasteiger partial charge in [-0.25, -0.2) is 13.4 Å². The molecule has 1 aliphatic carbocycles. The van der Waals surface area contributed by atoms with Crippen LogP contribution in [0, 0.1) is 5.92 Å². The van der Waals surface area contributed by atoms with Crippen LogP contribution in [0.3, 0.4) is 0 Å². The maximum absolute atomic E-state index is 13.9. The first-order valence-corrected chi connectivity index (χ1v) is 14.8. The molecule has 0 amide bonds. The lowest BCUT2D eigenvalue weighted by molar-refractivity contribution is 0.0892. The summed E-state index contributed by atoms with van der Waals surface area (Å²) in [5, 5.41) is 11.7. The van der Waals surface area contributed by atoms with Crippen LogP contribution in [0.5, 0.6) is 5.75 Å². The molecule has 1 aromatic carbocycles. The van der Waals surface area contributed by atoms with Crippen molar-refractivity contribution in [2.24, 2.45) is 13.0 Å². The van der Waals surface area contributed by atoms with Gasteiger partial charge in [0.05, 0.1) is 26.1 Å². The number of aromatic nitrogens is 3. The fraction of sp³-hybridized carbons (Fsp3) is 0.593. The zero-order valence-electron chi connectivity index (χ0n) is 21.7. The Morgan fingerprint density at radius 3 is 2.62 bits per heavy atom. The van der Waals surface area contributed by atoms with Crippen molar-refractivity contribution in [3.63, 3.8) is 0 Å². The van der Waals surface area contributed by atoms with E-state index in [1.54, 1.807) is 18.7 Å². The molecule has 2 aromatic heterocycles. The maximum atomic E-state index is 13.9. The van der Waals surface area contributed by atoms with Gasteiger partial charge < -0.3 is 24.3 Å². The fourth-order valence-electron chi connectivity index (χ4n) is 6.98. The van der Waals surface area contributed by atoms with Crippen molar-refractivity contribution in [3.05, 3.63) is 42.0 Å². The quantitative estimate of drug-likeness (QED) is 0.510. The maximum Gasteiger partial charge on any atom is 0.262 e. The Hall–Kier alpha value is -2.40. The highest BCUT2D eigenvalue weighted by atomic mass is 32.2. The Kier molecular flexibility index (Phi) is 6.34. The average molecular weight is 528 g/mol. The van der Waals surface area contributed by atoms with Crippen LogP contribution in [-0.2, 0) is 22.5 Å². The van der Waals surface area contributed by atoms with E-state index in [2.05, 4.69) is 20.9 Å². The van der Waals surface area contributed by atoms with Gasteiger partial charge in [-0.3, -0.25) is 0 Å². The smallest absolute Gasteiger partial charge is 0.262 e. The van der Waals surface area contributed by atoms with Crippen LogP contribution >= 0.6 is 0 Å². The second kappa shape index (κ2) is 9.41. The van der Waals surface area contributed by atoms with Crippen molar-refractivity contribution in [2.45, 2.75) is 55.0 Å². The highest BCUT2D eigenvalue weighted by Gasteiger charge is 2.51. The van der Waals surface area contributed by atoms with Gasteiger partial charge in [-0.1, -0.05) is 12.8 Å². The molecule has 9 nitrogen and oxygen atoms in total. The van der Waals surface area contributed by atoms with Crippen LogP contribution in [0.25, 0.3) is 10.9 Å². The van der Waals surface area contributed by atoms with Gasteiger partial charge in [0.15, 0.2) is 5.03 Å². The number of piperidine rings is 1. The monoisotopic (exact) mass is 527 g/mol. The molecule has 200 valence electrons. The molecule has 1 saturated carbocycles. The predicted molar refractivity (Wildman–Crippen MR) is 141 cm³/mol. The van der Waals surface area contributed by atoms with Gasteiger partial charge in [0.25, 0.3) is 10.0 Å². The lowest BCUT2D eigenvalue weighted by atomic mass is 9.69. The Morgan fingerprint density at radius 2 is 1.97 bits per heavy atom. The first kappa shape index (κ1) is 24.9. The summed E-state index contributed by atoms with van der Waals surface area (Å²) in [4.78, 5) is 10.3. The Labute approximate surface area is 218 Å². The Morgan fingerprint density at radius 1 is 1.22 bits per heavy atom. The molecule has 10 heteroatoms. The van der Waals surface area contributed by atoms with Crippen molar-refractivity contribution in [1.82, 2.24) is 23.7 Å². The molecule has 3 aliphatic rings. The zero-order chi connectivity index (χ0) is 25.8. The average Bonchev–Trinajstić information content (AvgIpc) is 3.65. The van der Waals surface area contributed by atoms with E-state index in [-0.39, 0.29) is 17.0 Å². The third kappa shape index (κ3) is 4.18. The largest absolute Gasteiger partial charge is 0.497 e. The molecule has 3 aromatic rings. The number of aliphatic hydroxyl groups excluding tert-OH is 1. The summed E-state index contributed by atoms with van der Waals surface area (Å²) in [6.45, 7) is 3.05. The molecular formula is C27H37N5O4S. The normalized spacial score (nSPS) is 23.2. The minimum Gasteiger partial charge on any atom is -0.497 e. The number of methoxy groups -OCH3 is 1. The molecular weight excluding hydrogens is 490 g/mol. The number of aryl methyl sites for hydroxylation is 1. The minimum atomic E-state index is -3.92. The number of nitrogens with one attached hydrogen (secondary N) is 1. The van der Waals surface area contributed by atoms with Crippen LogP contribution in [0.2, 0.25) is 0 Å². The zero-order valence-corrected chi connectivity index (χ0v) is 22.5. The standard InChI is InChI=1S/C27H37N5O4S/c1-30-15-24(28-18-30)37(34,35)32-17-27(9-11-31(12-10-27)14-19-5-3-4-6-19)25-21-8-7-20(36-2)13-22(21)29-26(25)23(32)16-33/h7-8,13,15,18-19,23,29,33H,3-6,9-12,14,16-17H2,1-2H3/t23-/m1/s1. The number of hydrogen-bond acceptors (Lipinski definition) is 6. The van der Waals surface area contributed by atoms with Crippen LogP contribution < -0.4 is 4.74 Å². The van der Waals surface area contributed by atoms with E-state index >= 15 is 0 Å². The SMILES string of the molecule is COc1ccc2c3c([nH]c2c1)[C@@H](CO)N(S(=O)(=O)c1cn(C)cn1)CC31CCN(CC2CCCC2)CC1. The van der Waals surface area contributed by atoms with E-state index in [1.165, 1.54) is 42.5 Å². The predicted octanol–water partition coefficient (Wildman–Crippen LogP) is 3.17. The number of rotatable bonds is 6. The number of fused-ring (bicyclic) bond motifs is 4. The number of ether oxygens (including phenoxy) is 1. The topological polar surface area (TPSA) is 104 Å². The number of nitrogens with zero attached hydrogens (tertiary/aromatic N) is 4. The van der Waals surface area contributed by atoms with Crippen molar-refractivity contribution < 1.29 is 18.3 Å². The number of imidazole rings is 1. The highest BCUT2D eigenvalue weighted by molar-refractivity contribution is 7.89. The van der Waals surface area contributed by atoms with Gasteiger partial charge in [0.2, 0.25) is 0 Å². The van der Waals surface area contributed by atoms with Gasteiger partial charge in [-0.2, -0.15) is 4.31 Å². The number of likely N-dealkylation sites (tertiary alicyclic amines) is 1. The summed E-state index contributed by atoms with van der Waals surface area (Å²) >= 11 is 0. The molecule has 6 rings (SSSR count). The summed E-state index contributed by atoms with van der Waals surface area (Å²) in [7, 11) is -0.517. The molecule has 0 bridgehead atoms. The highest BCUT2D eigenvalue weighted by Crippen LogP contribution is 2.50. The second-order valence-electron chi connectivity index (χ2n) is 11.2. The fourth-order valence-corrected chi connectivity index (χ4v) is 8.63. The van der Waals surface area contributed by atoms with Gasteiger partial charge in [0, 0.05) is 54.4 Å². The number of sulfonamides is 1. The Balaban J connectivity index is 1.43. The number of H-pyrrole nitrogens is 1. The van der Waals surface area contributed by atoms with Gasteiger partial charge in [-0.05, 0) is 62.4 Å². The number of hydrogen-bond donors (Lipinski definition) is 2. The number of aliphatic hydroxyl groups is 1. The molecule has 0 radical (unpaired) electrons. The minimum absolute atomic E-state index is 0.0171. The van der Waals surface area contributed by atoms with Crippen molar-refractivity contribution in [1.29, 1.82) is 0 Å². The van der Waals surface area contributed by atoms with Crippen molar-refractivity contribution in [2.75, 3.05) is 39.9 Å². The van der Waals surface area contributed by atoms with Gasteiger partial charge >= 0.3 is 0 Å². The van der Waals surface area contributed by atoms with Crippen LogP contribution in [0.1, 0.15) is 55.8 Å². The summed E-state index contributed by atoms with van der Waals surface area (Å²) in [6, 6.07) is 5.29. The van der Waals surface area contributed by atoms with E-state index in [0.717, 1.165) is 66.3 Å².